The molecular weight excluding hydrogens is 333 g/mol. The average molecular weight is 352 g/mol. The molecule has 118 valence electrons. The van der Waals surface area contributed by atoms with Crippen molar-refractivity contribution in [2.24, 2.45) is 11.8 Å². The highest BCUT2D eigenvalue weighted by atomic mass is 35.5. The molecule has 0 bridgehead atoms. The molecule has 1 heterocycles. The van der Waals surface area contributed by atoms with Gasteiger partial charge in [0.2, 0.25) is 10.0 Å². The lowest BCUT2D eigenvalue weighted by atomic mass is 9.94. The van der Waals surface area contributed by atoms with E-state index in [1.165, 1.54) is 23.5 Å². The van der Waals surface area contributed by atoms with Gasteiger partial charge in [0.1, 0.15) is 0 Å². The van der Waals surface area contributed by atoms with Crippen molar-refractivity contribution in [2.45, 2.75) is 25.2 Å². The summed E-state index contributed by atoms with van der Waals surface area (Å²) in [5.41, 5.74) is 0. The minimum Gasteiger partial charge on any atom is -0.494 e. The van der Waals surface area contributed by atoms with Crippen LogP contribution in [0.15, 0.2) is 17.0 Å². The van der Waals surface area contributed by atoms with Gasteiger partial charge in [-0.15, -0.1) is 0 Å². The van der Waals surface area contributed by atoms with Gasteiger partial charge in [0.15, 0.2) is 5.75 Å². The Kier molecular flexibility index (Phi) is 5.08. The summed E-state index contributed by atoms with van der Waals surface area (Å²) in [4.78, 5) is 0.111. The third-order valence-corrected chi connectivity index (χ3v) is 6.02. The molecule has 0 aliphatic carbocycles. The Balaban J connectivity index is 2.40. The molecule has 0 aromatic heterocycles. The molecule has 1 fully saturated rings. The Morgan fingerprint density at radius 1 is 1.14 bits per heavy atom. The van der Waals surface area contributed by atoms with Crippen LogP contribution in [0.2, 0.25) is 10.0 Å². The first-order chi connectivity index (χ1) is 9.75. The largest absolute Gasteiger partial charge is 0.494 e. The van der Waals surface area contributed by atoms with Crippen molar-refractivity contribution in [2.75, 3.05) is 20.2 Å². The molecule has 0 amide bonds. The van der Waals surface area contributed by atoms with Crippen LogP contribution in [0.4, 0.5) is 0 Å². The van der Waals surface area contributed by atoms with Gasteiger partial charge >= 0.3 is 0 Å². The summed E-state index contributed by atoms with van der Waals surface area (Å²) in [6.45, 7) is 5.17. The van der Waals surface area contributed by atoms with E-state index in [2.05, 4.69) is 13.8 Å². The van der Waals surface area contributed by atoms with E-state index >= 15 is 0 Å². The van der Waals surface area contributed by atoms with Crippen molar-refractivity contribution in [3.63, 3.8) is 0 Å². The minimum atomic E-state index is -3.59. The summed E-state index contributed by atoms with van der Waals surface area (Å²) in [5.74, 6) is 0.970. The first-order valence-corrected chi connectivity index (χ1v) is 8.98. The van der Waals surface area contributed by atoms with E-state index in [0.29, 0.717) is 24.9 Å². The maximum absolute atomic E-state index is 12.8. The van der Waals surface area contributed by atoms with Crippen LogP contribution in [0.5, 0.6) is 5.75 Å². The Morgan fingerprint density at radius 3 is 2.05 bits per heavy atom. The van der Waals surface area contributed by atoms with Crippen LogP contribution in [-0.4, -0.2) is 32.9 Å². The molecule has 1 saturated heterocycles. The van der Waals surface area contributed by atoms with Gasteiger partial charge < -0.3 is 4.74 Å². The monoisotopic (exact) mass is 351 g/mol. The fraction of sp³-hybridized carbons (Fsp3) is 0.571. The van der Waals surface area contributed by atoms with Gasteiger partial charge in [0, 0.05) is 13.1 Å². The molecule has 1 aromatic carbocycles. The highest BCUT2D eigenvalue weighted by Crippen LogP contribution is 2.36. The molecule has 0 N–H and O–H groups in total. The number of hydrogen-bond donors (Lipinski definition) is 0. The SMILES string of the molecule is COc1c(Cl)cc(S(=O)(=O)N2C[C@H](C)C[C@@H](C)C2)cc1Cl. The van der Waals surface area contributed by atoms with Crippen LogP contribution in [0.3, 0.4) is 0 Å². The molecule has 1 aliphatic heterocycles. The van der Waals surface area contributed by atoms with E-state index < -0.39 is 10.0 Å². The lowest BCUT2D eigenvalue weighted by Crippen LogP contribution is -2.42. The number of piperidine rings is 1. The summed E-state index contributed by atoms with van der Waals surface area (Å²) in [6.07, 6.45) is 1.04. The molecule has 1 aliphatic rings. The molecule has 2 rings (SSSR count). The van der Waals surface area contributed by atoms with Crippen LogP contribution < -0.4 is 4.74 Å². The van der Waals surface area contributed by atoms with E-state index in [4.69, 9.17) is 27.9 Å². The first-order valence-electron chi connectivity index (χ1n) is 6.79. The fourth-order valence-electron chi connectivity index (χ4n) is 2.83. The molecule has 7 heteroatoms. The van der Waals surface area contributed by atoms with Crippen molar-refractivity contribution >= 4 is 33.2 Å². The second-order valence-electron chi connectivity index (χ2n) is 5.69. The topological polar surface area (TPSA) is 46.6 Å². The summed E-state index contributed by atoms with van der Waals surface area (Å²) >= 11 is 12.1. The Morgan fingerprint density at radius 2 is 1.62 bits per heavy atom. The van der Waals surface area contributed by atoms with Crippen molar-refractivity contribution in [3.8, 4) is 5.75 Å². The quantitative estimate of drug-likeness (QED) is 0.834. The van der Waals surface area contributed by atoms with Gasteiger partial charge in [-0.25, -0.2) is 8.42 Å². The lowest BCUT2D eigenvalue weighted by Gasteiger charge is -2.34. The predicted octanol–water partition coefficient (Wildman–Crippen LogP) is 3.67. The van der Waals surface area contributed by atoms with Crippen LogP contribution >= 0.6 is 23.2 Å². The van der Waals surface area contributed by atoms with Gasteiger partial charge in [-0.2, -0.15) is 4.31 Å². The maximum Gasteiger partial charge on any atom is 0.243 e. The molecule has 0 saturated carbocycles. The second-order valence-corrected chi connectivity index (χ2v) is 8.44. The molecular formula is C14H19Cl2NO3S. The number of nitrogens with zero attached hydrogens (tertiary/aromatic N) is 1. The second kappa shape index (κ2) is 6.32. The van der Waals surface area contributed by atoms with Crippen LogP contribution in [-0.2, 0) is 10.0 Å². The molecule has 21 heavy (non-hydrogen) atoms. The third-order valence-electron chi connectivity index (χ3n) is 3.65. The van der Waals surface area contributed by atoms with E-state index in [0.717, 1.165) is 6.42 Å². The zero-order valence-corrected chi connectivity index (χ0v) is 14.6. The first kappa shape index (κ1) is 16.9. The lowest BCUT2D eigenvalue weighted by molar-refractivity contribution is 0.222. The summed E-state index contributed by atoms with van der Waals surface area (Å²) in [7, 11) is -2.15. The Hall–Kier alpha value is -0.490. The zero-order valence-electron chi connectivity index (χ0n) is 12.3. The molecule has 0 unspecified atom stereocenters. The number of hydrogen-bond acceptors (Lipinski definition) is 3. The predicted molar refractivity (Wildman–Crippen MR) is 84.7 cm³/mol. The third kappa shape index (κ3) is 3.47. The summed E-state index contributed by atoms with van der Waals surface area (Å²) < 4.78 is 32.1. The van der Waals surface area contributed by atoms with Crippen molar-refractivity contribution in [1.82, 2.24) is 4.31 Å². The average Bonchev–Trinajstić information content (AvgIpc) is 2.37. The fourth-order valence-corrected chi connectivity index (χ4v) is 5.34. The number of halogens is 2. The van der Waals surface area contributed by atoms with E-state index in [1.807, 2.05) is 0 Å². The molecule has 0 radical (unpaired) electrons. The molecule has 4 nitrogen and oxygen atoms in total. The molecule has 1 aromatic rings. The zero-order chi connectivity index (χ0) is 15.8. The molecule has 2 atom stereocenters. The minimum absolute atomic E-state index is 0.111. The summed E-state index contributed by atoms with van der Waals surface area (Å²) in [5, 5.41) is 0.392. The van der Waals surface area contributed by atoms with Gasteiger partial charge in [-0.05, 0) is 30.4 Å². The Labute approximate surface area is 136 Å². The number of benzene rings is 1. The van der Waals surface area contributed by atoms with E-state index in [9.17, 15) is 8.42 Å². The van der Waals surface area contributed by atoms with Gasteiger partial charge in [-0.1, -0.05) is 37.0 Å². The standard InChI is InChI=1S/C14H19Cl2NO3S/c1-9-4-10(2)8-17(7-9)21(18,19)11-5-12(15)14(20-3)13(16)6-11/h5-6,9-10H,4,7-8H2,1-3H3/t9-,10-/m1/s1. The number of sulfonamides is 1. The van der Waals surface area contributed by atoms with Gasteiger partial charge in [-0.3, -0.25) is 0 Å². The number of ether oxygens (including phenoxy) is 1. The normalized spacial score (nSPS) is 24.0. The number of methoxy groups -OCH3 is 1. The van der Waals surface area contributed by atoms with Crippen molar-refractivity contribution in [1.29, 1.82) is 0 Å². The smallest absolute Gasteiger partial charge is 0.243 e. The van der Waals surface area contributed by atoms with Crippen LogP contribution in [0.1, 0.15) is 20.3 Å². The van der Waals surface area contributed by atoms with Crippen molar-refractivity contribution in [3.05, 3.63) is 22.2 Å². The van der Waals surface area contributed by atoms with E-state index in [-0.39, 0.29) is 20.7 Å². The van der Waals surface area contributed by atoms with Crippen LogP contribution in [0, 0.1) is 11.8 Å². The van der Waals surface area contributed by atoms with E-state index in [1.54, 1.807) is 0 Å². The maximum atomic E-state index is 12.8. The summed E-state index contributed by atoms with van der Waals surface area (Å²) in [6, 6.07) is 2.79. The Bertz CT molecular complexity index is 600. The highest BCUT2D eigenvalue weighted by molar-refractivity contribution is 7.89. The highest BCUT2D eigenvalue weighted by Gasteiger charge is 2.32. The van der Waals surface area contributed by atoms with Crippen molar-refractivity contribution < 1.29 is 13.2 Å². The molecule has 0 spiro atoms. The van der Waals surface area contributed by atoms with Gasteiger partial charge in [0.05, 0.1) is 22.1 Å². The number of rotatable bonds is 3. The van der Waals surface area contributed by atoms with Gasteiger partial charge in [0.25, 0.3) is 0 Å². The van der Waals surface area contributed by atoms with Crippen LogP contribution in [0.25, 0.3) is 0 Å².